The minimum Gasteiger partial charge on any atom is -0.456 e. The lowest BCUT2D eigenvalue weighted by atomic mass is 9.98. The molecule has 30 heavy (non-hydrogen) atoms. The first-order valence-corrected chi connectivity index (χ1v) is 11.4. The summed E-state index contributed by atoms with van der Waals surface area (Å²) in [7, 11) is -3.49. The molecule has 1 unspecified atom stereocenters. The van der Waals surface area contributed by atoms with Crippen LogP contribution in [0.3, 0.4) is 0 Å². The molecule has 0 aromatic heterocycles. The van der Waals surface area contributed by atoms with Crippen LogP contribution in [0.25, 0.3) is 0 Å². The lowest BCUT2D eigenvalue weighted by Gasteiger charge is -2.15. The van der Waals surface area contributed by atoms with Crippen molar-refractivity contribution in [2.24, 2.45) is 0 Å². The van der Waals surface area contributed by atoms with E-state index < -0.39 is 28.5 Å². The number of esters is 1. The summed E-state index contributed by atoms with van der Waals surface area (Å²) in [5.41, 5.74) is 1.47. The maximum Gasteiger partial charge on any atom is 0.306 e. The molecule has 1 heterocycles. The Morgan fingerprint density at radius 3 is 2.30 bits per heavy atom. The van der Waals surface area contributed by atoms with E-state index in [1.807, 2.05) is 37.3 Å². The third kappa shape index (κ3) is 5.67. The molecule has 1 atom stereocenters. The molecule has 0 spiro atoms. The summed E-state index contributed by atoms with van der Waals surface area (Å²) < 4.78 is 31.6. The average Bonchev–Trinajstić information content (AvgIpc) is 3.29. The maximum atomic E-state index is 12.5. The van der Waals surface area contributed by atoms with Crippen molar-refractivity contribution in [1.82, 2.24) is 4.31 Å². The Kier molecular flexibility index (Phi) is 7.23. The Morgan fingerprint density at radius 1 is 1.03 bits per heavy atom. The Labute approximate surface area is 177 Å². The van der Waals surface area contributed by atoms with Gasteiger partial charge in [-0.25, -0.2) is 8.42 Å². The van der Waals surface area contributed by atoms with Crippen molar-refractivity contribution in [1.29, 1.82) is 0 Å². The van der Waals surface area contributed by atoms with Gasteiger partial charge in [0.2, 0.25) is 10.0 Å². The van der Waals surface area contributed by atoms with Gasteiger partial charge in [-0.1, -0.05) is 37.3 Å². The summed E-state index contributed by atoms with van der Waals surface area (Å²) in [6.07, 6.45) is 1.92. The molecule has 7 nitrogen and oxygen atoms in total. The summed E-state index contributed by atoms with van der Waals surface area (Å²) in [5, 5.41) is 2.61. The number of sulfonamides is 1. The highest BCUT2D eigenvalue weighted by atomic mass is 32.2. The van der Waals surface area contributed by atoms with Crippen molar-refractivity contribution < 1.29 is 22.7 Å². The Hall–Kier alpha value is -2.71. The van der Waals surface area contributed by atoms with Gasteiger partial charge < -0.3 is 10.1 Å². The predicted molar refractivity (Wildman–Crippen MR) is 113 cm³/mol. The van der Waals surface area contributed by atoms with Gasteiger partial charge in [-0.3, -0.25) is 9.59 Å². The van der Waals surface area contributed by atoms with Crippen LogP contribution in [0.15, 0.2) is 59.5 Å². The normalized spacial score (nSPS) is 15.5. The minimum atomic E-state index is -3.49. The molecule has 1 aliphatic rings. The lowest BCUT2D eigenvalue weighted by Crippen LogP contribution is -2.27. The quantitative estimate of drug-likeness (QED) is 0.650. The van der Waals surface area contributed by atoms with Crippen LogP contribution in [-0.4, -0.2) is 44.3 Å². The van der Waals surface area contributed by atoms with E-state index in [2.05, 4.69) is 5.32 Å². The van der Waals surface area contributed by atoms with Gasteiger partial charge in [-0.15, -0.1) is 0 Å². The second-order valence-electron chi connectivity index (χ2n) is 7.36. The third-order valence-electron chi connectivity index (χ3n) is 5.05. The summed E-state index contributed by atoms with van der Waals surface area (Å²) in [4.78, 5) is 24.2. The largest absolute Gasteiger partial charge is 0.456 e. The zero-order valence-corrected chi connectivity index (χ0v) is 17.7. The molecule has 2 aromatic carbocycles. The SMILES string of the molecule is CC(CC(=O)OCC(=O)Nc1ccc(S(=O)(=O)N2CCCC2)cc1)c1ccccc1. The second-order valence-corrected chi connectivity index (χ2v) is 9.30. The van der Waals surface area contributed by atoms with E-state index in [1.165, 1.54) is 28.6 Å². The van der Waals surface area contributed by atoms with Crippen molar-refractivity contribution in [3.63, 3.8) is 0 Å². The van der Waals surface area contributed by atoms with Gasteiger partial charge in [-0.2, -0.15) is 4.31 Å². The van der Waals surface area contributed by atoms with Crippen LogP contribution in [0.2, 0.25) is 0 Å². The summed E-state index contributed by atoms with van der Waals surface area (Å²) in [5.74, 6) is -0.939. The van der Waals surface area contributed by atoms with Crippen LogP contribution >= 0.6 is 0 Å². The molecular weight excluding hydrogens is 404 g/mol. The standard InChI is InChI=1S/C22H26N2O5S/c1-17(18-7-3-2-4-8-18)15-22(26)29-16-21(25)23-19-9-11-20(12-10-19)30(27,28)24-13-5-6-14-24/h2-4,7-12,17H,5-6,13-16H2,1H3,(H,23,25). The highest BCUT2D eigenvalue weighted by Crippen LogP contribution is 2.22. The van der Waals surface area contributed by atoms with Crippen molar-refractivity contribution in [2.75, 3.05) is 25.0 Å². The molecular formula is C22H26N2O5S. The van der Waals surface area contributed by atoms with Crippen LogP contribution in [-0.2, 0) is 24.3 Å². The van der Waals surface area contributed by atoms with Gasteiger partial charge in [0.05, 0.1) is 11.3 Å². The fraction of sp³-hybridized carbons (Fsp3) is 0.364. The predicted octanol–water partition coefficient (Wildman–Crippen LogP) is 3.15. The number of rotatable bonds is 8. The van der Waals surface area contributed by atoms with E-state index in [1.54, 1.807) is 0 Å². The first kappa shape index (κ1) is 22.0. The Morgan fingerprint density at radius 2 is 1.67 bits per heavy atom. The molecule has 1 saturated heterocycles. The topological polar surface area (TPSA) is 92.8 Å². The van der Waals surface area contributed by atoms with Crippen molar-refractivity contribution in [3.05, 3.63) is 60.2 Å². The summed E-state index contributed by atoms with van der Waals surface area (Å²) in [6.45, 7) is 2.60. The highest BCUT2D eigenvalue weighted by molar-refractivity contribution is 7.89. The van der Waals surface area contributed by atoms with Gasteiger partial charge in [0, 0.05) is 18.8 Å². The maximum absolute atomic E-state index is 12.5. The molecule has 0 aliphatic carbocycles. The van der Waals surface area contributed by atoms with Crippen molar-refractivity contribution >= 4 is 27.6 Å². The zero-order valence-electron chi connectivity index (χ0n) is 16.9. The smallest absolute Gasteiger partial charge is 0.306 e. The molecule has 2 aromatic rings. The van der Waals surface area contributed by atoms with E-state index in [0.29, 0.717) is 18.8 Å². The summed E-state index contributed by atoms with van der Waals surface area (Å²) >= 11 is 0. The number of nitrogens with zero attached hydrogens (tertiary/aromatic N) is 1. The van der Waals surface area contributed by atoms with E-state index >= 15 is 0 Å². The van der Waals surface area contributed by atoms with Crippen LogP contribution < -0.4 is 5.32 Å². The number of ether oxygens (including phenoxy) is 1. The molecule has 1 N–H and O–H groups in total. The van der Waals surface area contributed by atoms with Crippen LogP contribution in [0.1, 0.15) is 37.7 Å². The van der Waals surface area contributed by atoms with Gasteiger partial charge in [0.15, 0.2) is 6.61 Å². The molecule has 3 rings (SSSR count). The number of hydrogen-bond acceptors (Lipinski definition) is 5. The van der Waals surface area contributed by atoms with E-state index in [9.17, 15) is 18.0 Å². The van der Waals surface area contributed by atoms with Gasteiger partial charge in [0.25, 0.3) is 5.91 Å². The number of amides is 1. The fourth-order valence-electron chi connectivity index (χ4n) is 3.34. The third-order valence-corrected chi connectivity index (χ3v) is 6.96. The Balaban J connectivity index is 1.47. The van der Waals surface area contributed by atoms with Crippen LogP contribution in [0, 0.1) is 0 Å². The highest BCUT2D eigenvalue weighted by Gasteiger charge is 2.27. The lowest BCUT2D eigenvalue weighted by molar-refractivity contribution is -0.147. The number of hydrogen-bond donors (Lipinski definition) is 1. The number of nitrogens with one attached hydrogen (secondary N) is 1. The van der Waals surface area contributed by atoms with E-state index in [4.69, 9.17) is 4.74 Å². The first-order valence-electron chi connectivity index (χ1n) is 9.97. The number of carbonyl (C=O) groups excluding carboxylic acids is 2. The fourth-order valence-corrected chi connectivity index (χ4v) is 4.86. The molecule has 1 amide bonds. The molecule has 160 valence electrons. The molecule has 8 heteroatoms. The number of anilines is 1. The second kappa shape index (κ2) is 9.86. The monoisotopic (exact) mass is 430 g/mol. The number of carbonyl (C=O) groups is 2. The van der Waals surface area contributed by atoms with E-state index in [0.717, 1.165) is 18.4 Å². The van der Waals surface area contributed by atoms with Crippen molar-refractivity contribution in [2.45, 2.75) is 37.0 Å². The zero-order chi connectivity index (χ0) is 21.6. The average molecular weight is 431 g/mol. The molecule has 1 fully saturated rings. The van der Waals surface area contributed by atoms with Gasteiger partial charge in [-0.05, 0) is 48.6 Å². The van der Waals surface area contributed by atoms with Crippen LogP contribution in [0.5, 0.6) is 0 Å². The number of benzene rings is 2. The first-order chi connectivity index (χ1) is 14.4. The van der Waals surface area contributed by atoms with Crippen molar-refractivity contribution in [3.8, 4) is 0 Å². The molecule has 0 saturated carbocycles. The molecule has 0 radical (unpaired) electrons. The molecule has 1 aliphatic heterocycles. The van der Waals surface area contributed by atoms with Gasteiger partial charge in [0.1, 0.15) is 0 Å². The van der Waals surface area contributed by atoms with Gasteiger partial charge >= 0.3 is 5.97 Å². The molecule has 0 bridgehead atoms. The van der Waals surface area contributed by atoms with E-state index in [-0.39, 0.29) is 17.2 Å². The van der Waals surface area contributed by atoms with Crippen LogP contribution in [0.4, 0.5) is 5.69 Å². The Bertz CT molecular complexity index is 968. The minimum absolute atomic E-state index is 0.00754. The summed E-state index contributed by atoms with van der Waals surface area (Å²) in [6, 6.07) is 15.6.